The Kier molecular flexibility index (Phi) is 6.97. The summed E-state index contributed by atoms with van der Waals surface area (Å²) < 4.78 is 5.86. The Bertz CT molecular complexity index is 835. The topological polar surface area (TPSA) is 42.4 Å². The van der Waals surface area contributed by atoms with Crippen molar-refractivity contribution in [3.8, 4) is 5.88 Å². The summed E-state index contributed by atoms with van der Waals surface area (Å²) in [5, 5.41) is 0.761. The zero-order chi connectivity index (χ0) is 21.0. The van der Waals surface area contributed by atoms with Crippen molar-refractivity contribution in [1.82, 2.24) is 9.88 Å². The minimum Gasteiger partial charge on any atom is -0.476 e. The minimum atomic E-state index is -0.537. The van der Waals surface area contributed by atoms with Crippen molar-refractivity contribution in [2.45, 2.75) is 39.5 Å². The van der Waals surface area contributed by atoms with Gasteiger partial charge in [-0.1, -0.05) is 29.8 Å². The first-order valence-electron chi connectivity index (χ1n) is 10.3. The van der Waals surface area contributed by atoms with Crippen molar-refractivity contribution in [3.63, 3.8) is 0 Å². The van der Waals surface area contributed by atoms with Gasteiger partial charge in [0.25, 0.3) is 0 Å². The van der Waals surface area contributed by atoms with Gasteiger partial charge in [-0.05, 0) is 63.9 Å². The van der Waals surface area contributed by atoms with Gasteiger partial charge >= 0.3 is 0 Å². The lowest BCUT2D eigenvalue weighted by atomic mass is 9.81. The summed E-state index contributed by atoms with van der Waals surface area (Å²) in [6, 6.07) is 12.0. The molecule has 5 heteroatoms. The summed E-state index contributed by atoms with van der Waals surface area (Å²) in [5.41, 5.74) is 1.75. The molecule has 2 aromatic rings. The second kappa shape index (κ2) is 9.27. The Balaban J connectivity index is 1.57. The number of likely N-dealkylation sites (tertiary alicyclic amines) is 1. The number of hydrogen-bond donors (Lipinski definition) is 0. The van der Waals surface area contributed by atoms with E-state index in [1.165, 1.54) is 5.56 Å². The summed E-state index contributed by atoms with van der Waals surface area (Å²) >= 11 is 6.05. The predicted octanol–water partition coefficient (Wildman–Crippen LogP) is 5.14. The molecule has 4 nitrogen and oxygen atoms in total. The van der Waals surface area contributed by atoms with Crippen molar-refractivity contribution in [2.75, 3.05) is 26.7 Å². The molecule has 0 amide bonds. The second-order valence-corrected chi connectivity index (χ2v) is 9.34. The van der Waals surface area contributed by atoms with Gasteiger partial charge in [0, 0.05) is 42.2 Å². The maximum Gasteiger partial charge on any atom is 0.216 e. The van der Waals surface area contributed by atoms with E-state index in [0.29, 0.717) is 30.7 Å². The molecule has 0 N–H and O–H groups in total. The number of hydrogen-bond acceptors (Lipinski definition) is 4. The maximum absolute atomic E-state index is 13.0. The van der Waals surface area contributed by atoms with Crippen LogP contribution in [-0.2, 0) is 4.79 Å². The minimum absolute atomic E-state index is 0.246. The molecule has 156 valence electrons. The molecule has 3 rings (SSSR count). The van der Waals surface area contributed by atoms with Crippen LogP contribution in [-0.4, -0.2) is 42.4 Å². The Labute approximate surface area is 179 Å². The molecular weight excluding hydrogens is 384 g/mol. The molecule has 2 atom stereocenters. The lowest BCUT2D eigenvalue weighted by Gasteiger charge is -2.25. The monoisotopic (exact) mass is 414 g/mol. The van der Waals surface area contributed by atoms with Crippen LogP contribution in [0.3, 0.4) is 0 Å². The fraction of sp³-hybridized carbons (Fsp3) is 0.500. The SMILES string of the molecule is Cc1cccnc1OCC(C)(C)C(=O)CC[C@@H]1CN(C)C[C@H]1c1ccc(Cl)cc1. The van der Waals surface area contributed by atoms with E-state index in [9.17, 15) is 4.79 Å². The van der Waals surface area contributed by atoms with E-state index in [2.05, 4.69) is 29.1 Å². The third-order valence-electron chi connectivity index (χ3n) is 5.95. The average molecular weight is 415 g/mol. The van der Waals surface area contributed by atoms with Crippen LogP contribution in [0.15, 0.2) is 42.6 Å². The quantitative estimate of drug-likeness (QED) is 0.599. The zero-order valence-electron chi connectivity index (χ0n) is 17.8. The highest BCUT2D eigenvalue weighted by atomic mass is 35.5. The molecule has 1 fully saturated rings. The van der Waals surface area contributed by atoms with Crippen LogP contribution < -0.4 is 4.74 Å². The molecule has 1 aliphatic rings. The van der Waals surface area contributed by atoms with E-state index in [1.807, 2.05) is 45.0 Å². The Morgan fingerprint density at radius 3 is 2.66 bits per heavy atom. The van der Waals surface area contributed by atoms with Crippen molar-refractivity contribution >= 4 is 17.4 Å². The molecule has 1 aromatic heterocycles. The number of Topliss-reactive ketones (excluding diaryl/α,β-unsaturated/α-hetero) is 1. The number of ketones is 1. The first kappa shape index (κ1) is 21.8. The molecule has 0 saturated carbocycles. The summed E-state index contributed by atoms with van der Waals surface area (Å²) in [7, 11) is 2.15. The van der Waals surface area contributed by atoms with Crippen molar-refractivity contribution in [1.29, 1.82) is 0 Å². The summed E-state index contributed by atoms with van der Waals surface area (Å²) in [4.78, 5) is 19.6. The van der Waals surface area contributed by atoms with E-state index >= 15 is 0 Å². The number of benzene rings is 1. The lowest BCUT2D eigenvalue weighted by molar-refractivity contribution is -0.128. The van der Waals surface area contributed by atoms with Crippen LogP contribution in [0.25, 0.3) is 0 Å². The molecular formula is C24H31ClN2O2. The number of ether oxygens (including phenoxy) is 1. The number of rotatable bonds is 8. The maximum atomic E-state index is 13.0. The highest BCUT2D eigenvalue weighted by Crippen LogP contribution is 2.36. The Morgan fingerprint density at radius 2 is 1.97 bits per heavy atom. The molecule has 2 heterocycles. The third kappa shape index (κ3) is 5.58. The van der Waals surface area contributed by atoms with Gasteiger partial charge < -0.3 is 9.64 Å². The summed E-state index contributed by atoms with van der Waals surface area (Å²) in [5.74, 6) is 1.77. The highest BCUT2D eigenvalue weighted by molar-refractivity contribution is 6.30. The number of nitrogens with zero attached hydrogens (tertiary/aromatic N) is 2. The van der Waals surface area contributed by atoms with Gasteiger partial charge in [0.15, 0.2) is 0 Å². The van der Waals surface area contributed by atoms with Gasteiger partial charge in [-0.15, -0.1) is 0 Å². The molecule has 1 aromatic carbocycles. The first-order valence-corrected chi connectivity index (χ1v) is 10.7. The summed E-state index contributed by atoms with van der Waals surface area (Å²) in [6.07, 6.45) is 3.17. The molecule has 0 bridgehead atoms. The van der Waals surface area contributed by atoms with Crippen LogP contribution in [0.4, 0.5) is 0 Å². The van der Waals surface area contributed by atoms with Crippen molar-refractivity contribution < 1.29 is 9.53 Å². The van der Waals surface area contributed by atoms with Crippen LogP contribution in [0.5, 0.6) is 5.88 Å². The fourth-order valence-electron chi connectivity index (χ4n) is 4.07. The Hall–Kier alpha value is -1.91. The Morgan fingerprint density at radius 1 is 1.24 bits per heavy atom. The number of likely N-dealkylation sites (N-methyl/N-ethyl adjacent to an activating group) is 1. The number of pyridine rings is 1. The highest BCUT2D eigenvalue weighted by Gasteiger charge is 2.34. The van der Waals surface area contributed by atoms with Gasteiger partial charge in [-0.2, -0.15) is 0 Å². The van der Waals surface area contributed by atoms with Crippen LogP contribution in [0, 0.1) is 18.3 Å². The number of carbonyl (C=O) groups excluding carboxylic acids is 1. The van der Waals surface area contributed by atoms with Gasteiger partial charge in [-0.25, -0.2) is 4.98 Å². The molecule has 29 heavy (non-hydrogen) atoms. The van der Waals surface area contributed by atoms with Gasteiger partial charge in [0.1, 0.15) is 12.4 Å². The van der Waals surface area contributed by atoms with E-state index < -0.39 is 5.41 Å². The second-order valence-electron chi connectivity index (χ2n) is 8.90. The van der Waals surface area contributed by atoms with E-state index in [4.69, 9.17) is 16.3 Å². The fourth-order valence-corrected chi connectivity index (χ4v) is 4.20. The van der Waals surface area contributed by atoms with Gasteiger partial charge in [0.2, 0.25) is 5.88 Å². The smallest absolute Gasteiger partial charge is 0.216 e. The lowest BCUT2D eigenvalue weighted by Crippen LogP contribution is -2.32. The van der Waals surface area contributed by atoms with Crippen LogP contribution >= 0.6 is 11.6 Å². The van der Waals surface area contributed by atoms with E-state index in [0.717, 1.165) is 30.1 Å². The third-order valence-corrected chi connectivity index (χ3v) is 6.20. The largest absolute Gasteiger partial charge is 0.476 e. The van der Waals surface area contributed by atoms with Crippen LogP contribution in [0.1, 0.15) is 43.7 Å². The standard InChI is InChI=1S/C24H31ClN2O2/c1-17-6-5-13-26-23(17)29-16-24(2,3)22(28)12-9-19-14-27(4)15-21(19)18-7-10-20(25)11-8-18/h5-8,10-11,13,19,21H,9,12,14-16H2,1-4H3/t19-,21+/m1/s1. The number of halogens is 1. The average Bonchev–Trinajstić information content (AvgIpc) is 3.06. The molecule has 1 aliphatic heterocycles. The van der Waals surface area contributed by atoms with E-state index in [-0.39, 0.29) is 5.78 Å². The number of aryl methyl sites for hydroxylation is 1. The number of carbonyl (C=O) groups is 1. The molecule has 1 saturated heterocycles. The van der Waals surface area contributed by atoms with Crippen molar-refractivity contribution in [3.05, 3.63) is 58.7 Å². The van der Waals surface area contributed by atoms with Crippen molar-refractivity contribution in [2.24, 2.45) is 11.3 Å². The van der Waals surface area contributed by atoms with Gasteiger partial charge in [0.05, 0.1) is 5.41 Å². The molecule has 0 aliphatic carbocycles. The normalized spacial score (nSPS) is 20.0. The number of aromatic nitrogens is 1. The first-order chi connectivity index (χ1) is 13.8. The predicted molar refractivity (Wildman–Crippen MR) is 118 cm³/mol. The van der Waals surface area contributed by atoms with E-state index in [1.54, 1.807) is 6.20 Å². The van der Waals surface area contributed by atoms with Crippen LogP contribution in [0.2, 0.25) is 5.02 Å². The molecule has 0 unspecified atom stereocenters. The van der Waals surface area contributed by atoms with Gasteiger partial charge in [-0.3, -0.25) is 4.79 Å². The molecule has 0 spiro atoms. The molecule has 0 radical (unpaired) electrons. The zero-order valence-corrected chi connectivity index (χ0v) is 18.6. The summed E-state index contributed by atoms with van der Waals surface area (Å²) in [6.45, 7) is 8.27.